The van der Waals surface area contributed by atoms with Crippen molar-refractivity contribution in [2.24, 2.45) is 0 Å². The van der Waals surface area contributed by atoms with E-state index in [1.54, 1.807) is 6.07 Å². The normalized spacial score (nSPS) is 14.2. The largest absolute Gasteiger partial charge is 0.441 e. The van der Waals surface area contributed by atoms with Crippen LogP contribution < -0.4 is 0 Å². The van der Waals surface area contributed by atoms with Gasteiger partial charge in [-0.1, -0.05) is 18.2 Å². The summed E-state index contributed by atoms with van der Waals surface area (Å²) in [5.74, 6) is -2.02. The first-order valence-electron chi connectivity index (χ1n) is 7.61. The Hall–Kier alpha value is -2.58. The minimum atomic E-state index is -6.58. The zero-order valence-electron chi connectivity index (χ0n) is 14.4. The number of alkyl halides is 5. The van der Waals surface area contributed by atoms with Crippen molar-refractivity contribution in [3.05, 3.63) is 60.2 Å². The van der Waals surface area contributed by atoms with Crippen LogP contribution >= 0.6 is 0 Å². The minimum absolute atomic E-state index is 0.120. The van der Waals surface area contributed by atoms with Gasteiger partial charge in [-0.3, -0.25) is 4.55 Å². The van der Waals surface area contributed by atoms with Gasteiger partial charge < -0.3 is 4.74 Å². The first-order chi connectivity index (χ1) is 13.6. The Morgan fingerprint density at radius 2 is 1.30 bits per heavy atom. The summed E-state index contributed by atoms with van der Waals surface area (Å²) in [5, 5.41) is -5.88. The van der Waals surface area contributed by atoms with Crippen molar-refractivity contribution >= 4 is 25.9 Å². The number of sulfone groups is 1. The number of carbonyl (C=O) groups excluding carboxylic acids is 1. The zero-order chi connectivity index (χ0) is 23.0. The third-order valence-electron chi connectivity index (χ3n) is 3.63. The van der Waals surface area contributed by atoms with Gasteiger partial charge in [0.05, 0.1) is 15.4 Å². The van der Waals surface area contributed by atoms with Crippen LogP contribution in [0.3, 0.4) is 0 Å². The maximum atomic E-state index is 13.5. The van der Waals surface area contributed by atoms with Gasteiger partial charge in [-0.15, -0.1) is 0 Å². The van der Waals surface area contributed by atoms with Crippen LogP contribution in [-0.2, 0) is 24.7 Å². The van der Waals surface area contributed by atoms with Crippen LogP contribution in [0.4, 0.5) is 22.0 Å². The highest BCUT2D eigenvalue weighted by Gasteiger charge is 2.66. The van der Waals surface area contributed by atoms with Crippen molar-refractivity contribution in [1.82, 2.24) is 0 Å². The molecule has 14 heteroatoms. The molecule has 1 N–H and O–H groups in total. The van der Waals surface area contributed by atoms with Crippen LogP contribution in [0, 0.1) is 0 Å². The molecule has 2 aromatic carbocycles. The number of hydrogen-bond acceptors (Lipinski definition) is 6. The Labute approximate surface area is 166 Å². The summed E-state index contributed by atoms with van der Waals surface area (Å²) >= 11 is 0. The van der Waals surface area contributed by atoms with Gasteiger partial charge in [0.2, 0.25) is 9.84 Å². The average molecular weight is 474 g/mol. The molecule has 1 atom stereocenters. The van der Waals surface area contributed by atoms with Crippen molar-refractivity contribution in [2.75, 3.05) is 0 Å². The van der Waals surface area contributed by atoms with Gasteiger partial charge in [0.1, 0.15) is 0 Å². The van der Waals surface area contributed by atoms with Gasteiger partial charge in [-0.25, -0.2) is 13.2 Å². The molecule has 0 spiro atoms. The van der Waals surface area contributed by atoms with E-state index in [4.69, 9.17) is 4.55 Å². The molecule has 2 rings (SSSR count). The van der Waals surface area contributed by atoms with Crippen LogP contribution in [0.2, 0.25) is 0 Å². The first kappa shape index (κ1) is 23.7. The van der Waals surface area contributed by atoms with E-state index in [-0.39, 0.29) is 9.79 Å². The van der Waals surface area contributed by atoms with Crippen LogP contribution in [0.5, 0.6) is 0 Å². The van der Waals surface area contributed by atoms with E-state index in [2.05, 4.69) is 4.74 Å². The molecule has 0 aromatic heterocycles. The summed E-state index contributed by atoms with van der Waals surface area (Å²) in [6.07, 6.45) is -10.5. The smallest absolute Gasteiger partial charge is 0.432 e. The molecule has 1 unspecified atom stereocenters. The second kappa shape index (κ2) is 7.92. The SMILES string of the molecule is O=C(OC(C(F)(F)F)C(F)(F)S(=O)(=O)O)c1ccc(S(=O)(=O)c2ccccc2)cc1. The standard InChI is InChI=1S/C16H11F5O7S2/c17-15(18,19)14(16(20,21)30(25,26)27)28-13(22)10-6-8-12(9-7-10)29(23,24)11-4-2-1-3-5-11/h1-9,14H,(H,25,26,27). The molecule has 30 heavy (non-hydrogen) atoms. The average Bonchev–Trinajstić information content (AvgIpc) is 2.64. The minimum Gasteiger partial charge on any atom is -0.441 e. The van der Waals surface area contributed by atoms with E-state index in [9.17, 15) is 43.6 Å². The number of hydrogen-bond donors (Lipinski definition) is 1. The second-order valence-corrected chi connectivity index (χ2v) is 9.15. The summed E-state index contributed by atoms with van der Waals surface area (Å²) in [5.41, 5.74) is -0.776. The summed E-state index contributed by atoms with van der Waals surface area (Å²) < 4.78 is 123. The van der Waals surface area contributed by atoms with Gasteiger partial charge >= 0.3 is 27.5 Å². The van der Waals surface area contributed by atoms with Crippen molar-refractivity contribution in [1.29, 1.82) is 0 Å². The van der Waals surface area contributed by atoms with Gasteiger partial charge in [0, 0.05) is 0 Å². The molecule has 0 fully saturated rings. The molecular weight excluding hydrogens is 463 g/mol. The van der Waals surface area contributed by atoms with Crippen molar-refractivity contribution < 1.29 is 52.9 Å². The lowest BCUT2D eigenvalue weighted by molar-refractivity contribution is -0.248. The number of esters is 1. The number of carbonyl (C=O) groups is 1. The molecular formula is C16H11F5O7S2. The van der Waals surface area contributed by atoms with E-state index in [1.807, 2.05) is 0 Å². The van der Waals surface area contributed by atoms with E-state index in [1.165, 1.54) is 24.3 Å². The van der Waals surface area contributed by atoms with Crippen molar-refractivity contribution in [2.45, 2.75) is 27.3 Å². The zero-order valence-corrected chi connectivity index (χ0v) is 16.0. The molecule has 7 nitrogen and oxygen atoms in total. The Kier molecular flexibility index (Phi) is 6.26. The fraction of sp³-hybridized carbons (Fsp3) is 0.188. The monoisotopic (exact) mass is 474 g/mol. The molecule has 2 aromatic rings. The molecule has 0 saturated carbocycles. The molecule has 0 radical (unpaired) electrons. The lowest BCUT2D eigenvalue weighted by Gasteiger charge is -2.26. The van der Waals surface area contributed by atoms with E-state index in [0.717, 1.165) is 12.1 Å². The fourth-order valence-corrected chi connectivity index (χ4v) is 3.88. The lowest BCUT2D eigenvalue weighted by Crippen LogP contribution is -2.52. The lowest BCUT2D eigenvalue weighted by atomic mass is 10.2. The van der Waals surface area contributed by atoms with Gasteiger partial charge in [0.25, 0.3) is 6.10 Å². The number of benzene rings is 2. The third kappa shape index (κ3) is 4.76. The second-order valence-electron chi connectivity index (χ2n) is 5.70. The predicted molar refractivity (Wildman–Crippen MR) is 90.1 cm³/mol. The molecule has 0 aliphatic heterocycles. The Balaban J connectivity index is 2.33. The molecule has 0 bridgehead atoms. The summed E-state index contributed by atoms with van der Waals surface area (Å²) in [7, 11) is -10.6. The summed E-state index contributed by atoms with van der Waals surface area (Å²) in [6.45, 7) is 0. The summed E-state index contributed by atoms with van der Waals surface area (Å²) in [6, 6.07) is 9.99. The topological polar surface area (TPSA) is 115 Å². The van der Waals surface area contributed by atoms with Crippen LogP contribution in [0.1, 0.15) is 10.4 Å². The van der Waals surface area contributed by atoms with Gasteiger partial charge in [-0.2, -0.15) is 30.4 Å². The maximum Gasteiger partial charge on any atom is 0.432 e. The van der Waals surface area contributed by atoms with Crippen molar-refractivity contribution in [3.8, 4) is 0 Å². The predicted octanol–water partition coefficient (Wildman–Crippen LogP) is 3.09. The highest BCUT2D eigenvalue weighted by atomic mass is 32.2. The molecule has 0 saturated heterocycles. The van der Waals surface area contributed by atoms with E-state index >= 15 is 0 Å². The molecule has 0 aliphatic rings. The van der Waals surface area contributed by atoms with E-state index < -0.39 is 49.0 Å². The first-order valence-corrected chi connectivity index (χ1v) is 10.5. The van der Waals surface area contributed by atoms with Crippen LogP contribution in [0.25, 0.3) is 0 Å². The highest BCUT2D eigenvalue weighted by Crippen LogP contribution is 2.38. The molecule has 0 amide bonds. The van der Waals surface area contributed by atoms with Crippen LogP contribution in [0.15, 0.2) is 64.4 Å². The molecule has 164 valence electrons. The highest BCUT2D eigenvalue weighted by molar-refractivity contribution is 7.91. The number of ether oxygens (including phenoxy) is 1. The fourth-order valence-electron chi connectivity index (χ4n) is 2.14. The molecule has 0 aliphatic carbocycles. The van der Waals surface area contributed by atoms with Gasteiger partial charge in [0.15, 0.2) is 0 Å². The number of rotatable bonds is 6. The third-order valence-corrected chi connectivity index (χ3v) is 6.31. The van der Waals surface area contributed by atoms with E-state index in [0.29, 0.717) is 12.1 Å². The molecule has 0 heterocycles. The summed E-state index contributed by atoms with van der Waals surface area (Å²) in [4.78, 5) is 11.3. The Morgan fingerprint density at radius 1 is 0.833 bits per heavy atom. The van der Waals surface area contributed by atoms with Crippen LogP contribution in [-0.4, -0.2) is 44.9 Å². The quantitative estimate of drug-likeness (QED) is 0.389. The maximum absolute atomic E-state index is 13.5. The Bertz CT molecular complexity index is 1130. The van der Waals surface area contributed by atoms with Gasteiger partial charge in [-0.05, 0) is 36.4 Å². The number of halogens is 5. The van der Waals surface area contributed by atoms with Crippen molar-refractivity contribution in [3.63, 3.8) is 0 Å². The Morgan fingerprint density at radius 3 is 1.73 bits per heavy atom.